The van der Waals surface area contributed by atoms with Crippen LogP contribution in [0.5, 0.6) is 0 Å². The quantitative estimate of drug-likeness (QED) is 0.733. The van der Waals surface area contributed by atoms with Gasteiger partial charge in [-0.2, -0.15) is 0 Å². The van der Waals surface area contributed by atoms with Crippen molar-refractivity contribution >= 4 is 0 Å². The molecule has 0 spiro atoms. The van der Waals surface area contributed by atoms with Gasteiger partial charge in [0, 0.05) is 25.4 Å². The molecular formula is C11H18N2O. The minimum atomic E-state index is 0.416. The van der Waals surface area contributed by atoms with Crippen LogP contribution in [0.4, 0.5) is 0 Å². The molecule has 1 aromatic heterocycles. The van der Waals surface area contributed by atoms with Crippen LogP contribution in [0.3, 0.4) is 0 Å². The zero-order valence-electron chi connectivity index (χ0n) is 8.78. The van der Waals surface area contributed by atoms with Crippen LogP contribution in [0.2, 0.25) is 0 Å². The maximum atomic E-state index is 5.61. The van der Waals surface area contributed by atoms with Crippen LogP contribution in [0.1, 0.15) is 32.0 Å². The Morgan fingerprint density at radius 3 is 3.29 bits per heavy atom. The average Bonchev–Trinajstić information content (AvgIpc) is 2.80. The third kappa shape index (κ3) is 2.15. The van der Waals surface area contributed by atoms with Crippen LogP contribution < -0.4 is 0 Å². The minimum Gasteiger partial charge on any atom is -0.376 e. The van der Waals surface area contributed by atoms with E-state index in [1.807, 2.05) is 6.20 Å². The Balaban J connectivity index is 1.96. The predicted octanol–water partition coefficient (Wildman–Crippen LogP) is 2.01. The smallest absolute Gasteiger partial charge is 0.108 e. The van der Waals surface area contributed by atoms with Crippen molar-refractivity contribution in [2.45, 2.75) is 45.3 Å². The van der Waals surface area contributed by atoms with E-state index < -0.39 is 0 Å². The van der Waals surface area contributed by atoms with Crippen molar-refractivity contribution in [3.05, 3.63) is 18.2 Å². The highest BCUT2D eigenvalue weighted by atomic mass is 16.5. The third-order valence-corrected chi connectivity index (χ3v) is 2.70. The number of aryl methyl sites for hydroxylation is 1. The van der Waals surface area contributed by atoms with Gasteiger partial charge in [0.25, 0.3) is 0 Å². The summed E-state index contributed by atoms with van der Waals surface area (Å²) < 4.78 is 7.85. The van der Waals surface area contributed by atoms with E-state index in [0.29, 0.717) is 6.10 Å². The highest BCUT2D eigenvalue weighted by Gasteiger charge is 2.16. The summed E-state index contributed by atoms with van der Waals surface area (Å²) >= 11 is 0. The van der Waals surface area contributed by atoms with Crippen LogP contribution in [0.25, 0.3) is 0 Å². The van der Waals surface area contributed by atoms with Gasteiger partial charge >= 0.3 is 0 Å². The molecule has 1 aliphatic rings. The Morgan fingerprint density at radius 1 is 1.64 bits per heavy atom. The Morgan fingerprint density at radius 2 is 2.57 bits per heavy atom. The Kier molecular flexibility index (Phi) is 3.19. The summed E-state index contributed by atoms with van der Waals surface area (Å²) in [6.45, 7) is 4.10. The van der Waals surface area contributed by atoms with Crippen molar-refractivity contribution < 1.29 is 4.74 Å². The molecular weight excluding hydrogens is 176 g/mol. The fraction of sp³-hybridized carbons (Fsp3) is 0.727. The molecule has 78 valence electrons. The second kappa shape index (κ2) is 4.60. The molecule has 1 unspecified atom stereocenters. The first-order valence-corrected chi connectivity index (χ1v) is 5.51. The molecule has 1 saturated heterocycles. The molecule has 3 nitrogen and oxygen atoms in total. The molecule has 2 rings (SSSR count). The van der Waals surface area contributed by atoms with E-state index in [-0.39, 0.29) is 0 Å². The molecule has 1 aromatic rings. The number of aromatic nitrogens is 2. The number of ether oxygens (including phenoxy) is 1. The molecule has 0 saturated carbocycles. The summed E-state index contributed by atoms with van der Waals surface area (Å²) in [6, 6.07) is 0. The standard InChI is InChI=1S/C11H18N2O/c1-2-4-11-12-6-7-13(11)9-10-5-3-8-14-10/h6-7,10H,2-5,8-9H2,1H3. The van der Waals surface area contributed by atoms with E-state index in [4.69, 9.17) is 4.74 Å². The van der Waals surface area contributed by atoms with Gasteiger partial charge in [-0.1, -0.05) is 6.92 Å². The summed E-state index contributed by atoms with van der Waals surface area (Å²) in [6.07, 6.45) is 9.00. The molecule has 1 fully saturated rings. The monoisotopic (exact) mass is 194 g/mol. The zero-order chi connectivity index (χ0) is 9.80. The van der Waals surface area contributed by atoms with Crippen molar-refractivity contribution in [1.82, 2.24) is 9.55 Å². The summed E-state index contributed by atoms with van der Waals surface area (Å²) in [4.78, 5) is 4.36. The van der Waals surface area contributed by atoms with E-state index in [2.05, 4.69) is 22.7 Å². The number of nitrogens with zero attached hydrogens (tertiary/aromatic N) is 2. The Bertz CT molecular complexity index is 277. The van der Waals surface area contributed by atoms with Crippen LogP contribution in [-0.4, -0.2) is 22.3 Å². The van der Waals surface area contributed by atoms with Crippen LogP contribution >= 0.6 is 0 Å². The lowest BCUT2D eigenvalue weighted by molar-refractivity contribution is 0.0963. The second-order valence-corrected chi connectivity index (χ2v) is 3.88. The maximum Gasteiger partial charge on any atom is 0.108 e. The molecule has 1 aliphatic heterocycles. The van der Waals surface area contributed by atoms with E-state index in [0.717, 1.165) is 26.0 Å². The topological polar surface area (TPSA) is 27.1 Å². The largest absolute Gasteiger partial charge is 0.376 e. The van der Waals surface area contributed by atoms with Crippen molar-refractivity contribution in [1.29, 1.82) is 0 Å². The minimum absolute atomic E-state index is 0.416. The van der Waals surface area contributed by atoms with Crippen LogP contribution in [0.15, 0.2) is 12.4 Å². The van der Waals surface area contributed by atoms with Crippen LogP contribution in [0, 0.1) is 0 Å². The van der Waals surface area contributed by atoms with Crippen molar-refractivity contribution in [2.24, 2.45) is 0 Å². The lowest BCUT2D eigenvalue weighted by atomic mass is 10.2. The lowest BCUT2D eigenvalue weighted by Gasteiger charge is -2.12. The molecule has 0 aliphatic carbocycles. The van der Waals surface area contributed by atoms with Gasteiger partial charge in [0.15, 0.2) is 0 Å². The summed E-state index contributed by atoms with van der Waals surface area (Å²) in [5.74, 6) is 1.20. The summed E-state index contributed by atoms with van der Waals surface area (Å²) in [5.41, 5.74) is 0. The van der Waals surface area contributed by atoms with Gasteiger partial charge in [0.1, 0.15) is 5.82 Å². The second-order valence-electron chi connectivity index (χ2n) is 3.88. The lowest BCUT2D eigenvalue weighted by Crippen LogP contribution is -2.16. The van der Waals surface area contributed by atoms with Crippen LogP contribution in [-0.2, 0) is 17.7 Å². The fourth-order valence-electron chi connectivity index (χ4n) is 1.97. The van der Waals surface area contributed by atoms with Gasteiger partial charge in [-0.25, -0.2) is 4.98 Å². The first-order chi connectivity index (χ1) is 6.90. The normalized spacial score (nSPS) is 21.6. The van der Waals surface area contributed by atoms with Gasteiger partial charge in [-0.15, -0.1) is 0 Å². The molecule has 2 heterocycles. The van der Waals surface area contributed by atoms with Gasteiger partial charge in [-0.3, -0.25) is 0 Å². The van der Waals surface area contributed by atoms with E-state index in [1.165, 1.54) is 18.7 Å². The van der Waals surface area contributed by atoms with E-state index in [9.17, 15) is 0 Å². The molecule has 0 bridgehead atoms. The molecule has 1 atom stereocenters. The third-order valence-electron chi connectivity index (χ3n) is 2.70. The van der Waals surface area contributed by atoms with E-state index in [1.54, 1.807) is 0 Å². The Hall–Kier alpha value is -0.830. The molecule has 0 N–H and O–H groups in total. The fourth-order valence-corrected chi connectivity index (χ4v) is 1.97. The number of rotatable bonds is 4. The zero-order valence-corrected chi connectivity index (χ0v) is 8.78. The van der Waals surface area contributed by atoms with Crippen molar-refractivity contribution in [3.63, 3.8) is 0 Å². The Labute approximate surface area is 85.1 Å². The van der Waals surface area contributed by atoms with Crippen molar-refractivity contribution in [3.8, 4) is 0 Å². The molecule has 14 heavy (non-hydrogen) atoms. The first kappa shape index (κ1) is 9.71. The molecule has 0 amide bonds. The van der Waals surface area contributed by atoms with Gasteiger partial charge in [0.05, 0.1) is 12.6 Å². The molecule has 0 aromatic carbocycles. The SMILES string of the molecule is CCCc1nccn1CC1CCCO1. The number of imidazole rings is 1. The van der Waals surface area contributed by atoms with Gasteiger partial charge < -0.3 is 9.30 Å². The molecule has 3 heteroatoms. The highest BCUT2D eigenvalue weighted by molar-refractivity contribution is 4.93. The van der Waals surface area contributed by atoms with E-state index >= 15 is 0 Å². The van der Waals surface area contributed by atoms with Gasteiger partial charge in [-0.05, 0) is 19.3 Å². The highest BCUT2D eigenvalue weighted by Crippen LogP contribution is 2.15. The first-order valence-electron chi connectivity index (χ1n) is 5.51. The average molecular weight is 194 g/mol. The maximum absolute atomic E-state index is 5.61. The summed E-state index contributed by atoms with van der Waals surface area (Å²) in [5, 5.41) is 0. The number of hydrogen-bond acceptors (Lipinski definition) is 2. The molecule has 0 radical (unpaired) electrons. The number of hydrogen-bond donors (Lipinski definition) is 0. The summed E-state index contributed by atoms with van der Waals surface area (Å²) in [7, 11) is 0. The predicted molar refractivity (Wildman–Crippen MR) is 55.2 cm³/mol. The van der Waals surface area contributed by atoms with Gasteiger partial charge in [0.2, 0.25) is 0 Å². The van der Waals surface area contributed by atoms with Crippen molar-refractivity contribution in [2.75, 3.05) is 6.61 Å².